The molecule has 1 aromatic heterocycles. The van der Waals surface area contributed by atoms with Crippen molar-refractivity contribution in [3.63, 3.8) is 0 Å². The lowest BCUT2D eigenvalue weighted by Gasteiger charge is -2.17. The zero-order valence-electron chi connectivity index (χ0n) is 11.8. The number of halogens is 1. The number of aromatic nitrogens is 1. The van der Waals surface area contributed by atoms with Gasteiger partial charge in [0.05, 0.1) is 11.6 Å². The summed E-state index contributed by atoms with van der Waals surface area (Å²) >= 11 is 5.88. The van der Waals surface area contributed by atoms with Gasteiger partial charge < -0.3 is 4.90 Å². The predicted octanol–water partition coefficient (Wildman–Crippen LogP) is 3.19. The van der Waals surface area contributed by atoms with Crippen LogP contribution in [0.15, 0.2) is 36.4 Å². The van der Waals surface area contributed by atoms with Crippen molar-refractivity contribution in [1.29, 1.82) is 5.26 Å². The number of pyridine rings is 1. The van der Waals surface area contributed by atoms with Crippen molar-refractivity contribution in [3.05, 3.63) is 63.9 Å². The Bertz CT molecular complexity index is 684. The molecule has 1 heterocycles. The van der Waals surface area contributed by atoms with Gasteiger partial charge in [0.1, 0.15) is 5.15 Å². The van der Waals surface area contributed by atoms with Gasteiger partial charge in [-0.1, -0.05) is 23.7 Å². The van der Waals surface area contributed by atoms with E-state index >= 15 is 0 Å². The Hall–Kier alpha value is -2.38. The average Bonchev–Trinajstić information content (AvgIpc) is 2.46. The van der Waals surface area contributed by atoms with Gasteiger partial charge >= 0.3 is 0 Å². The summed E-state index contributed by atoms with van der Waals surface area (Å²) in [6, 6.07) is 12.5. The Kier molecular flexibility index (Phi) is 4.56. The number of hydrogen-bond acceptors (Lipinski definition) is 3. The fraction of sp³-hybridized carbons (Fsp3) is 0.188. The maximum atomic E-state index is 12.4. The summed E-state index contributed by atoms with van der Waals surface area (Å²) < 4.78 is 0. The first kappa shape index (κ1) is 15.0. The van der Waals surface area contributed by atoms with Gasteiger partial charge in [-0.25, -0.2) is 4.98 Å². The summed E-state index contributed by atoms with van der Waals surface area (Å²) in [6.45, 7) is 2.26. The molecule has 2 aromatic rings. The van der Waals surface area contributed by atoms with Crippen LogP contribution in [-0.2, 0) is 6.54 Å². The Morgan fingerprint density at radius 2 is 2.00 bits per heavy atom. The van der Waals surface area contributed by atoms with Gasteiger partial charge in [0.25, 0.3) is 5.91 Å². The maximum Gasteiger partial charge on any atom is 0.254 e. The summed E-state index contributed by atoms with van der Waals surface area (Å²) in [5.41, 5.74) is 2.78. The molecule has 0 aliphatic heterocycles. The number of nitriles is 1. The van der Waals surface area contributed by atoms with E-state index in [1.165, 1.54) is 0 Å². The van der Waals surface area contributed by atoms with Crippen LogP contribution in [0.3, 0.4) is 0 Å². The van der Waals surface area contributed by atoms with Crippen LogP contribution in [0, 0.1) is 18.3 Å². The normalized spacial score (nSPS) is 10.0. The number of benzene rings is 1. The highest BCUT2D eigenvalue weighted by atomic mass is 35.5. The molecule has 0 spiro atoms. The lowest BCUT2D eigenvalue weighted by molar-refractivity contribution is 0.0785. The molecule has 0 radical (unpaired) electrons. The van der Waals surface area contributed by atoms with Crippen molar-refractivity contribution in [2.45, 2.75) is 13.5 Å². The highest BCUT2D eigenvalue weighted by Crippen LogP contribution is 2.14. The molecule has 0 fully saturated rings. The van der Waals surface area contributed by atoms with Crippen LogP contribution >= 0.6 is 11.6 Å². The average molecular weight is 300 g/mol. The van der Waals surface area contributed by atoms with E-state index in [2.05, 4.69) is 11.1 Å². The second kappa shape index (κ2) is 6.38. The van der Waals surface area contributed by atoms with E-state index in [1.807, 2.05) is 12.1 Å². The van der Waals surface area contributed by atoms with E-state index in [9.17, 15) is 4.79 Å². The number of carbonyl (C=O) groups is 1. The van der Waals surface area contributed by atoms with Crippen molar-refractivity contribution in [2.75, 3.05) is 7.05 Å². The Labute approximate surface area is 128 Å². The third-order valence-electron chi connectivity index (χ3n) is 3.02. The molecule has 0 saturated heterocycles. The molecule has 21 heavy (non-hydrogen) atoms. The van der Waals surface area contributed by atoms with Crippen molar-refractivity contribution in [2.24, 2.45) is 0 Å². The van der Waals surface area contributed by atoms with Gasteiger partial charge in [-0.15, -0.1) is 0 Å². The van der Waals surface area contributed by atoms with Crippen molar-refractivity contribution >= 4 is 17.5 Å². The third-order valence-corrected chi connectivity index (χ3v) is 3.21. The van der Waals surface area contributed by atoms with Gasteiger partial charge in [-0.05, 0) is 36.8 Å². The Morgan fingerprint density at radius 1 is 1.33 bits per heavy atom. The number of amides is 1. The second-order valence-corrected chi connectivity index (χ2v) is 5.18. The molecule has 0 atom stereocenters. The highest BCUT2D eigenvalue weighted by Gasteiger charge is 2.13. The standard InChI is InChI=1S/C16H14ClN3O/c1-11-7-14(8-15(17)19-11)16(21)20(2)10-13-5-3-12(9-18)4-6-13/h3-8H,10H2,1-2H3. The molecule has 0 aliphatic carbocycles. The molecule has 106 valence electrons. The van der Waals surface area contributed by atoms with E-state index in [0.717, 1.165) is 5.56 Å². The first-order valence-electron chi connectivity index (χ1n) is 6.38. The van der Waals surface area contributed by atoms with Crippen LogP contribution in [0.1, 0.15) is 27.2 Å². The van der Waals surface area contributed by atoms with Gasteiger partial charge in [0.2, 0.25) is 0 Å². The molecular formula is C16H14ClN3O. The smallest absolute Gasteiger partial charge is 0.254 e. The number of nitrogens with zero attached hydrogens (tertiary/aromatic N) is 3. The first-order chi connectivity index (χ1) is 9.99. The summed E-state index contributed by atoms with van der Waals surface area (Å²) in [6.07, 6.45) is 0. The second-order valence-electron chi connectivity index (χ2n) is 4.79. The molecule has 0 N–H and O–H groups in total. The topological polar surface area (TPSA) is 57.0 Å². The van der Waals surface area contributed by atoms with Gasteiger partial charge in [-0.2, -0.15) is 5.26 Å². The fourth-order valence-electron chi connectivity index (χ4n) is 2.00. The van der Waals surface area contributed by atoms with Crippen LogP contribution in [0.4, 0.5) is 0 Å². The van der Waals surface area contributed by atoms with Crippen LogP contribution < -0.4 is 0 Å². The lowest BCUT2D eigenvalue weighted by Crippen LogP contribution is -2.26. The number of rotatable bonds is 3. The molecule has 2 rings (SSSR count). The Balaban J connectivity index is 2.13. The van der Waals surface area contributed by atoms with Crippen molar-refractivity contribution in [1.82, 2.24) is 9.88 Å². The zero-order chi connectivity index (χ0) is 15.4. The van der Waals surface area contributed by atoms with E-state index in [1.54, 1.807) is 43.1 Å². The summed E-state index contributed by atoms with van der Waals surface area (Å²) in [4.78, 5) is 18.0. The molecule has 0 unspecified atom stereocenters. The molecule has 1 aromatic carbocycles. The van der Waals surface area contributed by atoms with Crippen molar-refractivity contribution in [3.8, 4) is 6.07 Å². The van der Waals surface area contributed by atoms with Gasteiger partial charge in [0, 0.05) is 24.8 Å². The molecular weight excluding hydrogens is 286 g/mol. The monoisotopic (exact) mass is 299 g/mol. The molecule has 5 heteroatoms. The van der Waals surface area contributed by atoms with Crippen LogP contribution in [0.25, 0.3) is 0 Å². The maximum absolute atomic E-state index is 12.4. The van der Waals surface area contributed by atoms with Gasteiger partial charge in [0.15, 0.2) is 0 Å². The number of aryl methyl sites for hydroxylation is 1. The minimum Gasteiger partial charge on any atom is -0.337 e. The minimum atomic E-state index is -0.119. The van der Waals surface area contributed by atoms with Crippen LogP contribution in [-0.4, -0.2) is 22.8 Å². The number of hydrogen-bond donors (Lipinski definition) is 0. The largest absolute Gasteiger partial charge is 0.337 e. The molecule has 0 saturated carbocycles. The summed E-state index contributed by atoms with van der Waals surface area (Å²) in [7, 11) is 1.73. The fourth-order valence-corrected chi connectivity index (χ4v) is 2.25. The molecule has 0 aliphatic rings. The molecule has 1 amide bonds. The first-order valence-corrected chi connectivity index (χ1v) is 6.76. The van der Waals surface area contributed by atoms with E-state index in [4.69, 9.17) is 16.9 Å². The van der Waals surface area contributed by atoms with E-state index in [-0.39, 0.29) is 5.91 Å². The van der Waals surface area contributed by atoms with E-state index < -0.39 is 0 Å². The Morgan fingerprint density at radius 3 is 2.57 bits per heavy atom. The summed E-state index contributed by atoms with van der Waals surface area (Å²) in [5, 5.41) is 9.08. The van der Waals surface area contributed by atoms with E-state index in [0.29, 0.717) is 28.5 Å². The van der Waals surface area contributed by atoms with Gasteiger partial charge in [-0.3, -0.25) is 4.79 Å². The molecule has 4 nitrogen and oxygen atoms in total. The highest BCUT2D eigenvalue weighted by molar-refractivity contribution is 6.29. The zero-order valence-corrected chi connectivity index (χ0v) is 12.6. The van der Waals surface area contributed by atoms with Crippen molar-refractivity contribution < 1.29 is 4.79 Å². The quantitative estimate of drug-likeness (QED) is 0.818. The predicted molar refractivity (Wildman–Crippen MR) is 80.9 cm³/mol. The molecule has 0 bridgehead atoms. The number of carbonyl (C=O) groups excluding carboxylic acids is 1. The lowest BCUT2D eigenvalue weighted by atomic mass is 10.1. The summed E-state index contributed by atoms with van der Waals surface area (Å²) in [5.74, 6) is -0.119. The van der Waals surface area contributed by atoms with Crippen LogP contribution in [0.2, 0.25) is 5.15 Å². The third kappa shape index (κ3) is 3.80. The van der Waals surface area contributed by atoms with Crippen LogP contribution in [0.5, 0.6) is 0 Å². The SMILES string of the molecule is Cc1cc(C(=O)N(C)Cc2ccc(C#N)cc2)cc(Cl)n1. The minimum absolute atomic E-state index is 0.119.